The van der Waals surface area contributed by atoms with Crippen molar-refractivity contribution in [2.75, 3.05) is 0 Å². The van der Waals surface area contributed by atoms with Crippen LogP contribution in [-0.2, 0) is 13.2 Å². The van der Waals surface area contributed by atoms with E-state index in [1.807, 2.05) is 35.0 Å². The minimum atomic E-state index is -0.367. The van der Waals surface area contributed by atoms with Crippen molar-refractivity contribution in [2.45, 2.75) is 13.2 Å². The molecule has 0 fully saturated rings. The maximum Gasteiger partial charge on any atom is 0.274 e. The Morgan fingerprint density at radius 2 is 1.76 bits per heavy atom. The second-order valence-corrected chi connectivity index (χ2v) is 4.84. The third-order valence-electron chi connectivity index (χ3n) is 3.57. The van der Waals surface area contributed by atoms with Gasteiger partial charge in [-0.25, -0.2) is 0 Å². The summed E-state index contributed by atoms with van der Waals surface area (Å²) in [5, 5.41) is 21.5. The topological polar surface area (TPSA) is 68.3 Å². The SMILES string of the molecule is O=[N+]([O-])c1ccccc1Cn1cc(CO)c2ccccc21. The van der Waals surface area contributed by atoms with Gasteiger partial charge in [0.05, 0.1) is 18.1 Å². The van der Waals surface area contributed by atoms with Crippen LogP contribution < -0.4 is 0 Å². The second-order valence-electron chi connectivity index (χ2n) is 4.84. The Labute approximate surface area is 121 Å². The molecule has 0 aliphatic heterocycles. The quantitative estimate of drug-likeness (QED) is 0.590. The molecule has 0 aliphatic carbocycles. The van der Waals surface area contributed by atoms with Crippen molar-refractivity contribution < 1.29 is 10.0 Å². The lowest BCUT2D eigenvalue weighted by Gasteiger charge is -2.06. The summed E-state index contributed by atoms with van der Waals surface area (Å²) >= 11 is 0. The molecule has 1 heterocycles. The van der Waals surface area contributed by atoms with Crippen LogP contribution in [0.5, 0.6) is 0 Å². The molecule has 0 saturated carbocycles. The van der Waals surface area contributed by atoms with Crippen molar-refractivity contribution in [3.8, 4) is 0 Å². The van der Waals surface area contributed by atoms with E-state index < -0.39 is 0 Å². The summed E-state index contributed by atoms with van der Waals surface area (Å²) in [6.45, 7) is 0.349. The van der Waals surface area contributed by atoms with Gasteiger partial charge in [-0.2, -0.15) is 0 Å². The van der Waals surface area contributed by atoms with E-state index in [2.05, 4.69) is 0 Å². The van der Waals surface area contributed by atoms with Gasteiger partial charge in [-0.1, -0.05) is 36.4 Å². The van der Waals surface area contributed by atoms with E-state index in [0.717, 1.165) is 16.5 Å². The molecule has 5 heteroatoms. The van der Waals surface area contributed by atoms with Crippen LogP contribution >= 0.6 is 0 Å². The number of benzene rings is 2. The van der Waals surface area contributed by atoms with Crippen molar-refractivity contribution in [3.63, 3.8) is 0 Å². The van der Waals surface area contributed by atoms with Crippen LogP contribution in [0.25, 0.3) is 10.9 Å². The molecule has 0 radical (unpaired) electrons. The lowest BCUT2D eigenvalue weighted by atomic mass is 10.1. The molecule has 106 valence electrons. The first kappa shape index (κ1) is 13.3. The maximum atomic E-state index is 11.1. The fourth-order valence-corrected chi connectivity index (χ4v) is 2.59. The number of aliphatic hydroxyl groups is 1. The van der Waals surface area contributed by atoms with Crippen molar-refractivity contribution >= 4 is 16.6 Å². The maximum absolute atomic E-state index is 11.1. The Morgan fingerprint density at radius 1 is 1.05 bits per heavy atom. The van der Waals surface area contributed by atoms with Crippen LogP contribution in [0.4, 0.5) is 5.69 Å². The standard InChI is InChI=1S/C16H14N2O3/c19-11-13-10-17(16-8-4-2-6-14(13)16)9-12-5-1-3-7-15(12)18(20)21/h1-8,10,19H,9,11H2. The first-order valence-electron chi connectivity index (χ1n) is 6.60. The Kier molecular flexibility index (Phi) is 3.41. The Morgan fingerprint density at radius 3 is 2.52 bits per heavy atom. The van der Waals surface area contributed by atoms with Crippen LogP contribution in [0, 0.1) is 10.1 Å². The molecule has 2 aromatic carbocycles. The number of aromatic nitrogens is 1. The zero-order valence-electron chi connectivity index (χ0n) is 11.3. The third kappa shape index (κ3) is 2.39. The lowest BCUT2D eigenvalue weighted by molar-refractivity contribution is -0.385. The highest BCUT2D eigenvalue weighted by molar-refractivity contribution is 5.84. The molecule has 21 heavy (non-hydrogen) atoms. The molecule has 0 bridgehead atoms. The number of nitro groups is 1. The van der Waals surface area contributed by atoms with Crippen LogP contribution in [0.3, 0.4) is 0 Å². The number of aliphatic hydroxyl groups excluding tert-OH is 1. The molecule has 3 rings (SSSR count). The minimum absolute atomic E-state index is 0.0512. The Bertz CT molecular complexity index is 808. The fraction of sp³-hybridized carbons (Fsp3) is 0.125. The zero-order valence-corrected chi connectivity index (χ0v) is 11.3. The second kappa shape index (κ2) is 5.38. The van der Waals surface area contributed by atoms with Gasteiger partial charge in [0.2, 0.25) is 0 Å². The van der Waals surface area contributed by atoms with Gasteiger partial charge in [-0.3, -0.25) is 10.1 Å². The highest BCUT2D eigenvalue weighted by Gasteiger charge is 2.14. The Hall–Kier alpha value is -2.66. The van der Waals surface area contributed by atoms with Crippen molar-refractivity contribution in [1.82, 2.24) is 4.57 Å². The summed E-state index contributed by atoms with van der Waals surface area (Å²) in [6, 6.07) is 14.4. The van der Waals surface area contributed by atoms with Gasteiger partial charge in [0.15, 0.2) is 0 Å². The highest BCUT2D eigenvalue weighted by atomic mass is 16.6. The predicted molar refractivity (Wildman–Crippen MR) is 80.1 cm³/mol. The average molecular weight is 282 g/mol. The number of nitro benzene ring substituents is 1. The van der Waals surface area contributed by atoms with Crippen molar-refractivity contribution in [2.24, 2.45) is 0 Å². The molecule has 0 aliphatic rings. The lowest BCUT2D eigenvalue weighted by Crippen LogP contribution is -2.02. The van der Waals surface area contributed by atoms with Crippen molar-refractivity contribution in [1.29, 1.82) is 0 Å². The summed E-state index contributed by atoms with van der Waals surface area (Å²) in [4.78, 5) is 10.7. The van der Waals surface area contributed by atoms with E-state index in [9.17, 15) is 15.2 Å². The number of rotatable bonds is 4. The summed E-state index contributed by atoms with van der Waals surface area (Å²) < 4.78 is 1.93. The smallest absolute Gasteiger partial charge is 0.274 e. The van der Waals surface area contributed by atoms with Crippen LogP contribution in [0.15, 0.2) is 54.7 Å². The summed E-state index contributed by atoms with van der Waals surface area (Å²) in [6.07, 6.45) is 1.85. The molecule has 3 aromatic rings. The molecule has 1 aromatic heterocycles. The van der Waals surface area contributed by atoms with Gasteiger partial charge in [-0.05, 0) is 6.07 Å². The Balaban J connectivity index is 2.09. The third-order valence-corrected chi connectivity index (χ3v) is 3.57. The summed E-state index contributed by atoms with van der Waals surface area (Å²) in [5.41, 5.74) is 2.54. The van der Waals surface area contributed by atoms with E-state index in [0.29, 0.717) is 12.1 Å². The first-order chi connectivity index (χ1) is 10.2. The first-order valence-corrected chi connectivity index (χ1v) is 6.60. The molecule has 0 unspecified atom stereocenters. The number of hydrogen-bond donors (Lipinski definition) is 1. The van der Waals surface area contributed by atoms with E-state index in [1.165, 1.54) is 6.07 Å². The molecule has 0 spiro atoms. The average Bonchev–Trinajstić information content (AvgIpc) is 2.86. The van der Waals surface area contributed by atoms with Crippen LogP contribution in [-0.4, -0.2) is 14.6 Å². The molecule has 0 amide bonds. The monoisotopic (exact) mass is 282 g/mol. The number of hydrogen-bond acceptors (Lipinski definition) is 3. The summed E-state index contributed by atoms with van der Waals surface area (Å²) in [5.74, 6) is 0. The van der Waals surface area contributed by atoms with Crippen molar-refractivity contribution in [3.05, 3.63) is 76.0 Å². The largest absolute Gasteiger partial charge is 0.392 e. The molecule has 0 saturated heterocycles. The molecule has 1 N–H and O–H groups in total. The predicted octanol–water partition coefficient (Wildman–Crippen LogP) is 3.09. The van der Waals surface area contributed by atoms with Gasteiger partial charge >= 0.3 is 0 Å². The highest BCUT2D eigenvalue weighted by Crippen LogP contribution is 2.25. The number of para-hydroxylation sites is 2. The zero-order chi connectivity index (χ0) is 14.8. The van der Waals surface area contributed by atoms with E-state index in [4.69, 9.17) is 0 Å². The fourth-order valence-electron chi connectivity index (χ4n) is 2.59. The van der Waals surface area contributed by atoms with E-state index >= 15 is 0 Å². The number of nitrogens with zero attached hydrogens (tertiary/aromatic N) is 2. The van der Waals surface area contributed by atoms with E-state index in [-0.39, 0.29) is 17.2 Å². The molecular formula is C16H14N2O3. The van der Waals surface area contributed by atoms with Crippen LogP contribution in [0.2, 0.25) is 0 Å². The molecule has 5 nitrogen and oxygen atoms in total. The minimum Gasteiger partial charge on any atom is -0.392 e. The van der Waals surface area contributed by atoms with Gasteiger partial charge in [-0.15, -0.1) is 0 Å². The normalized spacial score (nSPS) is 10.9. The van der Waals surface area contributed by atoms with Gasteiger partial charge < -0.3 is 9.67 Å². The van der Waals surface area contributed by atoms with Gasteiger partial charge in [0.1, 0.15) is 0 Å². The van der Waals surface area contributed by atoms with Crippen LogP contribution in [0.1, 0.15) is 11.1 Å². The molecular weight excluding hydrogens is 268 g/mol. The number of fused-ring (bicyclic) bond motifs is 1. The molecule has 0 atom stereocenters. The van der Waals surface area contributed by atoms with Gasteiger partial charge in [0, 0.05) is 34.3 Å². The van der Waals surface area contributed by atoms with E-state index in [1.54, 1.807) is 18.2 Å². The van der Waals surface area contributed by atoms with Gasteiger partial charge in [0.25, 0.3) is 5.69 Å². The summed E-state index contributed by atoms with van der Waals surface area (Å²) in [7, 11) is 0.